The number of likely N-dealkylation sites (tertiary alicyclic amines) is 1. The van der Waals surface area contributed by atoms with E-state index in [1.54, 1.807) is 14.2 Å². The molecule has 2 aromatic rings. The van der Waals surface area contributed by atoms with Crippen LogP contribution in [0.4, 0.5) is 0 Å². The molecule has 1 atom stereocenters. The van der Waals surface area contributed by atoms with Gasteiger partial charge >= 0.3 is 0 Å². The van der Waals surface area contributed by atoms with Crippen LogP contribution in [0.2, 0.25) is 0 Å². The Morgan fingerprint density at radius 2 is 1.84 bits per heavy atom. The maximum Gasteiger partial charge on any atom is 0.161 e. The highest BCUT2D eigenvalue weighted by atomic mass is 16.5. The number of rotatable bonds is 8. The Hall–Kier alpha value is -2.04. The molecule has 1 saturated heterocycles. The van der Waals surface area contributed by atoms with E-state index in [4.69, 9.17) is 14.2 Å². The van der Waals surface area contributed by atoms with Crippen molar-refractivity contribution in [3.8, 4) is 11.5 Å². The van der Waals surface area contributed by atoms with Crippen LogP contribution < -0.4 is 9.47 Å². The zero-order valence-corrected chi connectivity index (χ0v) is 15.1. The molecule has 0 aromatic heterocycles. The van der Waals surface area contributed by atoms with Crippen molar-refractivity contribution in [3.05, 3.63) is 59.7 Å². The molecule has 1 unspecified atom stereocenters. The van der Waals surface area contributed by atoms with Crippen molar-refractivity contribution in [3.63, 3.8) is 0 Å². The van der Waals surface area contributed by atoms with Gasteiger partial charge in [-0.2, -0.15) is 0 Å². The zero-order valence-electron chi connectivity index (χ0n) is 15.1. The maximum absolute atomic E-state index is 6.02. The van der Waals surface area contributed by atoms with Gasteiger partial charge in [-0.15, -0.1) is 0 Å². The molecule has 1 aliphatic heterocycles. The van der Waals surface area contributed by atoms with Gasteiger partial charge in [-0.1, -0.05) is 36.4 Å². The van der Waals surface area contributed by atoms with Crippen molar-refractivity contribution in [2.24, 2.45) is 5.92 Å². The minimum absolute atomic E-state index is 0.542. The highest BCUT2D eigenvalue weighted by Gasteiger charge is 2.22. The van der Waals surface area contributed by atoms with Crippen LogP contribution in [0.5, 0.6) is 11.5 Å². The highest BCUT2D eigenvalue weighted by molar-refractivity contribution is 5.43. The molecule has 0 aliphatic carbocycles. The lowest BCUT2D eigenvalue weighted by molar-refractivity contribution is 0.152. The third-order valence-electron chi connectivity index (χ3n) is 4.64. The van der Waals surface area contributed by atoms with Crippen molar-refractivity contribution in [2.75, 3.05) is 33.9 Å². The van der Waals surface area contributed by atoms with Gasteiger partial charge in [-0.25, -0.2) is 0 Å². The lowest BCUT2D eigenvalue weighted by Crippen LogP contribution is -2.21. The van der Waals surface area contributed by atoms with Gasteiger partial charge in [0.15, 0.2) is 11.5 Å². The molecule has 0 amide bonds. The van der Waals surface area contributed by atoms with Gasteiger partial charge in [0.1, 0.15) is 6.61 Å². The first-order valence-corrected chi connectivity index (χ1v) is 8.83. The Labute approximate surface area is 150 Å². The summed E-state index contributed by atoms with van der Waals surface area (Å²) in [4.78, 5) is 2.48. The fourth-order valence-electron chi connectivity index (χ4n) is 3.35. The van der Waals surface area contributed by atoms with Gasteiger partial charge < -0.3 is 14.2 Å². The van der Waals surface area contributed by atoms with Crippen LogP contribution in [0.3, 0.4) is 0 Å². The molecule has 4 nitrogen and oxygen atoms in total. The molecule has 0 radical (unpaired) electrons. The molecule has 3 rings (SSSR count). The fraction of sp³-hybridized carbons (Fsp3) is 0.429. The number of nitrogens with zero attached hydrogens (tertiary/aromatic N) is 1. The second-order valence-corrected chi connectivity index (χ2v) is 6.60. The zero-order chi connectivity index (χ0) is 17.5. The average Bonchev–Trinajstić information content (AvgIpc) is 3.08. The molecule has 4 heteroatoms. The first-order valence-electron chi connectivity index (χ1n) is 8.83. The second kappa shape index (κ2) is 8.88. The predicted molar refractivity (Wildman–Crippen MR) is 99.0 cm³/mol. The SMILES string of the molecule is COCC1CCN(Cc2ccc(OC)c(OCc3ccccc3)c2)C1. The van der Waals surface area contributed by atoms with Crippen LogP contribution in [0.15, 0.2) is 48.5 Å². The van der Waals surface area contributed by atoms with E-state index in [0.717, 1.165) is 43.3 Å². The van der Waals surface area contributed by atoms with E-state index in [0.29, 0.717) is 12.5 Å². The van der Waals surface area contributed by atoms with Crippen molar-refractivity contribution in [1.82, 2.24) is 4.90 Å². The Morgan fingerprint density at radius 3 is 2.60 bits per heavy atom. The quantitative estimate of drug-likeness (QED) is 0.732. The summed E-state index contributed by atoms with van der Waals surface area (Å²) in [5, 5.41) is 0. The molecule has 1 fully saturated rings. The average molecular weight is 341 g/mol. The molecule has 25 heavy (non-hydrogen) atoms. The predicted octanol–water partition coefficient (Wildman–Crippen LogP) is 3.74. The Balaban J connectivity index is 1.63. The Kier molecular flexibility index (Phi) is 6.31. The number of ether oxygens (including phenoxy) is 3. The summed E-state index contributed by atoms with van der Waals surface area (Å²) in [5.74, 6) is 2.23. The standard InChI is InChI=1S/C21H27NO3/c1-23-15-19-10-11-22(14-19)13-18-8-9-20(24-2)21(12-18)25-16-17-6-4-3-5-7-17/h3-9,12,19H,10-11,13-16H2,1-2H3. The minimum Gasteiger partial charge on any atom is -0.493 e. The van der Waals surface area contributed by atoms with Crippen LogP contribution in [0, 0.1) is 5.92 Å². The van der Waals surface area contributed by atoms with Gasteiger partial charge in [0.05, 0.1) is 13.7 Å². The molecular formula is C21H27NO3. The molecular weight excluding hydrogens is 314 g/mol. The van der Waals surface area contributed by atoms with E-state index in [-0.39, 0.29) is 0 Å². The summed E-state index contributed by atoms with van der Waals surface area (Å²) in [7, 11) is 3.46. The summed E-state index contributed by atoms with van der Waals surface area (Å²) in [5.41, 5.74) is 2.40. The molecule has 0 bridgehead atoms. The fourth-order valence-corrected chi connectivity index (χ4v) is 3.35. The van der Waals surface area contributed by atoms with E-state index >= 15 is 0 Å². The summed E-state index contributed by atoms with van der Waals surface area (Å²) >= 11 is 0. The first-order chi connectivity index (χ1) is 12.3. The molecule has 1 aliphatic rings. The van der Waals surface area contributed by atoms with E-state index in [2.05, 4.69) is 29.2 Å². The van der Waals surface area contributed by atoms with Gasteiger partial charge in [-0.3, -0.25) is 4.90 Å². The van der Waals surface area contributed by atoms with Crippen LogP contribution in [-0.2, 0) is 17.9 Å². The lowest BCUT2D eigenvalue weighted by Gasteiger charge is -2.18. The third-order valence-corrected chi connectivity index (χ3v) is 4.64. The van der Waals surface area contributed by atoms with E-state index in [1.807, 2.05) is 24.3 Å². The van der Waals surface area contributed by atoms with Crippen LogP contribution in [0.1, 0.15) is 17.5 Å². The molecule has 1 heterocycles. The van der Waals surface area contributed by atoms with Gasteiger partial charge in [0.25, 0.3) is 0 Å². The minimum atomic E-state index is 0.542. The van der Waals surface area contributed by atoms with Crippen molar-refractivity contribution >= 4 is 0 Å². The topological polar surface area (TPSA) is 30.9 Å². The van der Waals surface area contributed by atoms with Gasteiger partial charge in [0, 0.05) is 20.2 Å². The van der Waals surface area contributed by atoms with E-state index in [1.165, 1.54) is 12.0 Å². The molecule has 0 saturated carbocycles. The molecule has 134 valence electrons. The largest absolute Gasteiger partial charge is 0.493 e. The van der Waals surface area contributed by atoms with Crippen LogP contribution >= 0.6 is 0 Å². The van der Waals surface area contributed by atoms with Gasteiger partial charge in [-0.05, 0) is 42.1 Å². The van der Waals surface area contributed by atoms with E-state index < -0.39 is 0 Å². The molecule has 0 N–H and O–H groups in total. The van der Waals surface area contributed by atoms with Gasteiger partial charge in [0.2, 0.25) is 0 Å². The number of hydrogen-bond acceptors (Lipinski definition) is 4. The smallest absolute Gasteiger partial charge is 0.161 e. The monoisotopic (exact) mass is 341 g/mol. The van der Waals surface area contributed by atoms with Crippen molar-refractivity contribution < 1.29 is 14.2 Å². The summed E-state index contributed by atoms with van der Waals surface area (Å²) in [6, 6.07) is 16.4. The maximum atomic E-state index is 6.02. The van der Waals surface area contributed by atoms with E-state index in [9.17, 15) is 0 Å². The second-order valence-electron chi connectivity index (χ2n) is 6.60. The number of benzene rings is 2. The lowest BCUT2D eigenvalue weighted by atomic mass is 10.1. The molecule has 2 aromatic carbocycles. The molecule has 0 spiro atoms. The number of methoxy groups -OCH3 is 2. The third kappa shape index (κ3) is 4.97. The summed E-state index contributed by atoms with van der Waals surface area (Å²) < 4.78 is 16.8. The van der Waals surface area contributed by atoms with Crippen LogP contribution in [0.25, 0.3) is 0 Å². The summed E-state index contributed by atoms with van der Waals surface area (Å²) in [6.45, 7) is 4.55. The van der Waals surface area contributed by atoms with Crippen molar-refractivity contribution in [2.45, 2.75) is 19.6 Å². The highest BCUT2D eigenvalue weighted by Crippen LogP contribution is 2.30. The van der Waals surface area contributed by atoms with Crippen LogP contribution in [-0.4, -0.2) is 38.8 Å². The van der Waals surface area contributed by atoms with Crippen molar-refractivity contribution in [1.29, 1.82) is 0 Å². The normalized spacial score (nSPS) is 17.6. The number of hydrogen-bond donors (Lipinski definition) is 0. The first kappa shape index (κ1) is 17.8. The Morgan fingerprint density at radius 1 is 1.00 bits per heavy atom. The summed E-state index contributed by atoms with van der Waals surface area (Å²) in [6.07, 6.45) is 1.21. The Bertz CT molecular complexity index is 659.